The van der Waals surface area contributed by atoms with Gasteiger partial charge in [-0.2, -0.15) is 0 Å². The molecule has 1 fully saturated rings. The van der Waals surface area contributed by atoms with Gasteiger partial charge < -0.3 is 9.80 Å². The second-order valence-electron chi connectivity index (χ2n) is 7.41. The molecule has 0 unspecified atom stereocenters. The molecule has 3 heterocycles. The fourth-order valence-electron chi connectivity index (χ4n) is 3.98. The lowest BCUT2D eigenvalue weighted by Gasteiger charge is -2.29. The highest BCUT2D eigenvalue weighted by molar-refractivity contribution is 5.99. The van der Waals surface area contributed by atoms with Gasteiger partial charge in [0.2, 0.25) is 0 Å². The van der Waals surface area contributed by atoms with Gasteiger partial charge in [-0.1, -0.05) is 37.1 Å². The standard InChI is InChI=1S/C22H25N3O2/c26-21(24-10-5-1-2-6-11-24)19-13-20(15-23-14-19)22(27)25-12-9-17-7-3-4-8-18(17)16-25/h3-4,7-8,13-15H,1-2,5-6,9-12,16H2. The van der Waals surface area contributed by atoms with Gasteiger partial charge in [-0.05, 0) is 36.5 Å². The molecule has 5 nitrogen and oxygen atoms in total. The van der Waals surface area contributed by atoms with E-state index in [1.54, 1.807) is 18.5 Å². The number of likely N-dealkylation sites (tertiary alicyclic amines) is 1. The lowest BCUT2D eigenvalue weighted by atomic mass is 9.99. The van der Waals surface area contributed by atoms with E-state index in [-0.39, 0.29) is 11.8 Å². The molecule has 140 valence electrons. The molecule has 1 aromatic carbocycles. The SMILES string of the molecule is O=C(c1cncc(C(=O)N2CCc3ccccc3C2)c1)N1CCCCCC1. The maximum Gasteiger partial charge on any atom is 0.255 e. The molecule has 0 saturated carbocycles. The van der Waals surface area contributed by atoms with Crippen LogP contribution < -0.4 is 0 Å². The Kier molecular flexibility index (Phi) is 5.19. The number of fused-ring (bicyclic) bond motifs is 1. The van der Waals surface area contributed by atoms with E-state index in [1.165, 1.54) is 24.0 Å². The molecule has 27 heavy (non-hydrogen) atoms. The Labute approximate surface area is 160 Å². The summed E-state index contributed by atoms with van der Waals surface area (Å²) in [5, 5.41) is 0. The fraction of sp³-hybridized carbons (Fsp3) is 0.409. The maximum absolute atomic E-state index is 13.0. The van der Waals surface area contributed by atoms with Crippen molar-refractivity contribution in [3.05, 3.63) is 65.0 Å². The molecule has 2 aromatic rings. The summed E-state index contributed by atoms with van der Waals surface area (Å²) in [6, 6.07) is 9.96. The van der Waals surface area contributed by atoms with Gasteiger partial charge in [0.1, 0.15) is 0 Å². The Bertz CT molecular complexity index is 841. The first-order valence-corrected chi connectivity index (χ1v) is 9.83. The highest BCUT2D eigenvalue weighted by Gasteiger charge is 2.23. The zero-order valence-electron chi connectivity index (χ0n) is 15.6. The summed E-state index contributed by atoms with van der Waals surface area (Å²) >= 11 is 0. The average molecular weight is 363 g/mol. The summed E-state index contributed by atoms with van der Waals surface area (Å²) in [5.74, 6) is -0.0643. The van der Waals surface area contributed by atoms with Crippen LogP contribution in [0, 0.1) is 0 Å². The minimum atomic E-state index is -0.0532. The highest BCUT2D eigenvalue weighted by atomic mass is 16.2. The van der Waals surface area contributed by atoms with E-state index in [9.17, 15) is 9.59 Å². The molecule has 1 saturated heterocycles. The van der Waals surface area contributed by atoms with Crippen molar-refractivity contribution in [2.24, 2.45) is 0 Å². The number of hydrogen-bond acceptors (Lipinski definition) is 3. The van der Waals surface area contributed by atoms with Crippen LogP contribution in [0.2, 0.25) is 0 Å². The van der Waals surface area contributed by atoms with Crippen LogP contribution in [0.4, 0.5) is 0 Å². The number of nitrogens with zero attached hydrogens (tertiary/aromatic N) is 3. The second-order valence-corrected chi connectivity index (χ2v) is 7.41. The van der Waals surface area contributed by atoms with Gasteiger partial charge in [-0.25, -0.2) is 0 Å². The van der Waals surface area contributed by atoms with E-state index < -0.39 is 0 Å². The van der Waals surface area contributed by atoms with Crippen molar-refractivity contribution in [3.8, 4) is 0 Å². The molecule has 5 heteroatoms. The van der Waals surface area contributed by atoms with Crippen LogP contribution in [0.1, 0.15) is 57.5 Å². The van der Waals surface area contributed by atoms with Gasteiger partial charge >= 0.3 is 0 Å². The summed E-state index contributed by atoms with van der Waals surface area (Å²) < 4.78 is 0. The quantitative estimate of drug-likeness (QED) is 0.823. The van der Waals surface area contributed by atoms with Crippen LogP contribution in [-0.4, -0.2) is 46.2 Å². The van der Waals surface area contributed by atoms with Gasteiger partial charge in [-0.3, -0.25) is 14.6 Å². The highest BCUT2D eigenvalue weighted by Crippen LogP contribution is 2.21. The topological polar surface area (TPSA) is 53.5 Å². The number of pyridine rings is 1. The average Bonchev–Trinajstić information content (AvgIpc) is 3.02. The lowest BCUT2D eigenvalue weighted by Crippen LogP contribution is -2.36. The molecule has 0 spiro atoms. The molecule has 1 aromatic heterocycles. The van der Waals surface area contributed by atoms with E-state index in [4.69, 9.17) is 0 Å². The third kappa shape index (κ3) is 3.87. The van der Waals surface area contributed by atoms with Gasteiger partial charge in [0.05, 0.1) is 11.1 Å². The van der Waals surface area contributed by atoms with Crippen molar-refractivity contribution in [1.29, 1.82) is 0 Å². The predicted octanol–water partition coefficient (Wildman–Crippen LogP) is 3.30. The van der Waals surface area contributed by atoms with Crippen LogP contribution in [0.3, 0.4) is 0 Å². The van der Waals surface area contributed by atoms with Crippen LogP contribution in [0.25, 0.3) is 0 Å². The van der Waals surface area contributed by atoms with E-state index in [0.29, 0.717) is 24.2 Å². The molecule has 4 rings (SSSR count). The zero-order valence-corrected chi connectivity index (χ0v) is 15.6. The van der Waals surface area contributed by atoms with Gasteiger partial charge in [0, 0.05) is 38.6 Å². The largest absolute Gasteiger partial charge is 0.339 e. The normalized spacial score (nSPS) is 17.2. The third-order valence-electron chi connectivity index (χ3n) is 5.54. The summed E-state index contributed by atoms with van der Waals surface area (Å²) in [4.78, 5) is 33.7. The van der Waals surface area contributed by atoms with E-state index >= 15 is 0 Å². The third-order valence-corrected chi connectivity index (χ3v) is 5.54. The molecule has 0 radical (unpaired) electrons. The molecule has 2 aliphatic rings. The predicted molar refractivity (Wildman–Crippen MR) is 103 cm³/mol. The minimum Gasteiger partial charge on any atom is -0.339 e. The number of benzene rings is 1. The molecule has 0 N–H and O–H groups in total. The van der Waals surface area contributed by atoms with Crippen molar-refractivity contribution in [1.82, 2.24) is 14.8 Å². The minimum absolute atomic E-state index is 0.0111. The number of aromatic nitrogens is 1. The second kappa shape index (κ2) is 7.91. The molecule has 0 atom stereocenters. The summed E-state index contributed by atoms with van der Waals surface area (Å²) in [5.41, 5.74) is 3.52. The van der Waals surface area contributed by atoms with Gasteiger partial charge in [0.15, 0.2) is 0 Å². The molecule has 0 aliphatic carbocycles. The van der Waals surface area contributed by atoms with Crippen molar-refractivity contribution in [3.63, 3.8) is 0 Å². The Morgan fingerprint density at radius 2 is 1.41 bits per heavy atom. The lowest BCUT2D eigenvalue weighted by molar-refractivity contribution is 0.0734. The van der Waals surface area contributed by atoms with Crippen LogP contribution in [-0.2, 0) is 13.0 Å². The molecular weight excluding hydrogens is 338 g/mol. The van der Waals surface area contributed by atoms with Gasteiger partial charge in [0.25, 0.3) is 11.8 Å². The first-order chi connectivity index (χ1) is 13.2. The summed E-state index contributed by atoms with van der Waals surface area (Å²) in [6.45, 7) is 2.89. The summed E-state index contributed by atoms with van der Waals surface area (Å²) in [7, 11) is 0. The molecule has 2 amide bonds. The Hall–Kier alpha value is -2.69. The number of rotatable bonds is 2. The first-order valence-electron chi connectivity index (χ1n) is 9.83. The van der Waals surface area contributed by atoms with Crippen molar-refractivity contribution in [2.75, 3.05) is 19.6 Å². The van der Waals surface area contributed by atoms with Crippen molar-refractivity contribution in [2.45, 2.75) is 38.6 Å². The van der Waals surface area contributed by atoms with Crippen LogP contribution in [0.15, 0.2) is 42.7 Å². The zero-order chi connectivity index (χ0) is 18.6. The first kappa shape index (κ1) is 17.7. The van der Waals surface area contributed by atoms with Crippen molar-refractivity contribution >= 4 is 11.8 Å². The smallest absolute Gasteiger partial charge is 0.255 e. The van der Waals surface area contributed by atoms with Crippen LogP contribution in [0.5, 0.6) is 0 Å². The number of carbonyl (C=O) groups is 2. The van der Waals surface area contributed by atoms with E-state index in [2.05, 4.69) is 17.1 Å². The Balaban J connectivity index is 1.50. The molecule has 0 bridgehead atoms. The maximum atomic E-state index is 13.0. The number of carbonyl (C=O) groups excluding carboxylic acids is 2. The van der Waals surface area contributed by atoms with Gasteiger partial charge in [-0.15, -0.1) is 0 Å². The number of hydrogen-bond donors (Lipinski definition) is 0. The molecular formula is C22H25N3O2. The van der Waals surface area contributed by atoms with Crippen LogP contribution >= 0.6 is 0 Å². The van der Waals surface area contributed by atoms with E-state index in [0.717, 1.165) is 32.4 Å². The summed E-state index contributed by atoms with van der Waals surface area (Å²) in [6.07, 6.45) is 8.46. The molecule has 2 aliphatic heterocycles. The Morgan fingerprint density at radius 1 is 0.778 bits per heavy atom. The van der Waals surface area contributed by atoms with E-state index in [1.807, 2.05) is 21.9 Å². The Morgan fingerprint density at radius 3 is 2.11 bits per heavy atom. The fourth-order valence-corrected chi connectivity index (χ4v) is 3.98. The monoisotopic (exact) mass is 363 g/mol. The van der Waals surface area contributed by atoms with Crippen molar-refractivity contribution < 1.29 is 9.59 Å². The number of amides is 2.